The maximum Gasteiger partial charge on any atom is 0.224 e. The Hall–Kier alpha value is -2.41. The Kier molecular flexibility index (Phi) is 7.15. The Labute approximate surface area is 158 Å². The molecule has 0 unspecified atom stereocenters. The summed E-state index contributed by atoms with van der Waals surface area (Å²) in [6.45, 7) is 3.89. The molecule has 7 heteroatoms. The highest BCUT2D eigenvalue weighted by atomic mass is 32.2. The topological polar surface area (TPSA) is 84.0 Å². The summed E-state index contributed by atoms with van der Waals surface area (Å²) in [5.74, 6) is -0.189. The van der Waals surface area contributed by atoms with Crippen LogP contribution in [0.15, 0.2) is 29.4 Å². The Morgan fingerprint density at radius 2 is 1.73 bits per heavy atom. The van der Waals surface area contributed by atoms with Gasteiger partial charge >= 0.3 is 0 Å². The van der Waals surface area contributed by atoms with Gasteiger partial charge in [-0.05, 0) is 43.7 Å². The van der Waals surface area contributed by atoms with Gasteiger partial charge in [0.05, 0.1) is 6.42 Å². The zero-order valence-corrected chi connectivity index (χ0v) is 16.4. The summed E-state index contributed by atoms with van der Waals surface area (Å²) in [4.78, 5) is 32.9. The third-order valence-corrected chi connectivity index (χ3v) is 4.65. The van der Waals surface area contributed by atoms with Crippen LogP contribution in [0, 0.1) is 13.8 Å². The molecule has 138 valence electrons. The first-order valence-electron chi connectivity index (χ1n) is 8.41. The molecule has 0 bridgehead atoms. The van der Waals surface area contributed by atoms with Gasteiger partial charge in [-0.15, -0.1) is 0 Å². The number of benzene rings is 1. The zero-order valence-electron chi connectivity index (χ0n) is 15.5. The second kappa shape index (κ2) is 9.33. The van der Waals surface area contributed by atoms with Crippen molar-refractivity contribution in [3.8, 4) is 0 Å². The van der Waals surface area contributed by atoms with Gasteiger partial charge in [-0.25, -0.2) is 9.97 Å². The Morgan fingerprint density at radius 1 is 1.08 bits per heavy atom. The van der Waals surface area contributed by atoms with E-state index in [0.717, 1.165) is 27.7 Å². The molecular weight excluding hydrogens is 348 g/mol. The maximum absolute atomic E-state index is 12.4. The summed E-state index contributed by atoms with van der Waals surface area (Å²) >= 11 is 1.51. The molecule has 0 aliphatic rings. The number of amides is 2. The van der Waals surface area contributed by atoms with Crippen LogP contribution >= 0.6 is 11.8 Å². The number of likely N-dealkylation sites (N-methyl/N-ethyl adjacent to an activating group) is 1. The fourth-order valence-electron chi connectivity index (χ4n) is 2.67. The van der Waals surface area contributed by atoms with Gasteiger partial charge in [-0.2, -0.15) is 0 Å². The number of nitrogens with one attached hydrogen (secondary N) is 2. The summed E-state index contributed by atoms with van der Waals surface area (Å²) in [5.41, 5.74) is 4.30. The normalized spacial score (nSPS) is 10.5. The third kappa shape index (κ3) is 5.29. The lowest BCUT2D eigenvalue weighted by Crippen LogP contribution is -2.21. The van der Waals surface area contributed by atoms with Gasteiger partial charge in [0.2, 0.25) is 11.8 Å². The molecule has 0 atom stereocenters. The molecule has 2 N–H and O–H groups in total. The van der Waals surface area contributed by atoms with E-state index in [1.165, 1.54) is 11.8 Å². The molecule has 0 aliphatic heterocycles. The summed E-state index contributed by atoms with van der Waals surface area (Å²) in [6.07, 6.45) is 3.08. The van der Waals surface area contributed by atoms with Crippen LogP contribution in [0.5, 0.6) is 0 Å². The number of rotatable bonds is 7. The molecule has 0 aliphatic carbocycles. The molecule has 1 aromatic carbocycles. The van der Waals surface area contributed by atoms with Crippen LogP contribution in [0.3, 0.4) is 0 Å². The van der Waals surface area contributed by atoms with Crippen molar-refractivity contribution in [3.63, 3.8) is 0 Å². The first-order valence-corrected chi connectivity index (χ1v) is 9.63. The molecule has 2 rings (SSSR count). The van der Waals surface area contributed by atoms with Crippen molar-refractivity contribution in [2.24, 2.45) is 0 Å². The second-order valence-corrected chi connectivity index (χ2v) is 6.69. The number of carbonyl (C=O) groups is 2. The molecular formula is C19H24N4O2S. The van der Waals surface area contributed by atoms with E-state index >= 15 is 0 Å². The Morgan fingerprint density at radius 3 is 2.35 bits per heavy atom. The van der Waals surface area contributed by atoms with Crippen molar-refractivity contribution < 1.29 is 9.59 Å². The monoisotopic (exact) mass is 372 g/mol. The van der Waals surface area contributed by atoms with Crippen LogP contribution in [-0.4, -0.2) is 35.1 Å². The predicted molar refractivity (Wildman–Crippen MR) is 104 cm³/mol. The van der Waals surface area contributed by atoms with Crippen molar-refractivity contribution >= 4 is 29.3 Å². The number of para-hydroxylation sites is 1. The molecule has 0 saturated heterocycles. The first kappa shape index (κ1) is 19.9. The standard InChI is InChI=1S/C19H24N4O2S/c1-12-15(13(2)22-19(21-12)26-4)9-10-17(24)23-16-8-6-5-7-14(16)11-18(25)20-3/h5-8H,9-11H2,1-4H3,(H,20,25)(H,23,24). The summed E-state index contributed by atoms with van der Waals surface area (Å²) in [6, 6.07) is 7.34. The fourth-order valence-corrected chi connectivity index (χ4v) is 3.13. The van der Waals surface area contributed by atoms with Gasteiger partial charge in [0.25, 0.3) is 0 Å². The molecule has 2 aromatic rings. The SMILES string of the molecule is CNC(=O)Cc1ccccc1NC(=O)CCc1c(C)nc(SC)nc1C. The third-order valence-electron chi connectivity index (χ3n) is 4.11. The van der Waals surface area contributed by atoms with Gasteiger partial charge in [0.15, 0.2) is 5.16 Å². The van der Waals surface area contributed by atoms with E-state index in [4.69, 9.17) is 0 Å². The van der Waals surface area contributed by atoms with Crippen molar-refractivity contribution in [2.45, 2.75) is 38.3 Å². The Balaban J connectivity index is 2.03. The van der Waals surface area contributed by atoms with Gasteiger partial charge in [0.1, 0.15) is 0 Å². The lowest BCUT2D eigenvalue weighted by molar-refractivity contribution is -0.120. The minimum atomic E-state index is -0.0953. The molecule has 0 spiro atoms. The molecule has 2 amide bonds. The molecule has 1 heterocycles. The number of hydrogen-bond donors (Lipinski definition) is 2. The quantitative estimate of drug-likeness (QED) is 0.577. The van der Waals surface area contributed by atoms with Crippen LogP contribution < -0.4 is 10.6 Å². The number of nitrogens with zero attached hydrogens (tertiary/aromatic N) is 2. The van der Waals surface area contributed by atoms with Gasteiger partial charge in [-0.3, -0.25) is 9.59 Å². The lowest BCUT2D eigenvalue weighted by atomic mass is 10.1. The highest BCUT2D eigenvalue weighted by Gasteiger charge is 2.12. The van der Waals surface area contributed by atoms with Crippen molar-refractivity contribution in [1.29, 1.82) is 0 Å². The molecule has 6 nitrogen and oxygen atoms in total. The maximum atomic E-state index is 12.4. The minimum Gasteiger partial charge on any atom is -0.359 e. The average Bonchev–Trinajstić information content (AvgIpc) is 2.62. The number of anilines is 1. The predicted octanol–water partition coefficient (Wildman–Crippen LogP) is 2.68. The van der Waals surface area contributed by atoms with E-state index in [0.29, 0.717) is 18.5 Å². The highest BCUT2D eigenvalue weighted by molar-refractivity contribution is 7.98. The molecule has 0 fully saturated rings. The number of thioether (sulfide) groups is 1. The molecule has 1 aromatic heterocycles. The summed E-state index contributed by atoms with van der Waals surface area (Å²) in [5, 5.41) is 6.25. The number of aryl methyl sites for hydroxylation is 2. The van der Waals surface area contributed by atoms with Crippen LogP contribution in [-0.2, 0) is 22.4 Å². The van der Waals surface area contributed by atoms with Gasteiger partial charge in [0, 0.05) is 30.5 Å². The van der Waals surface area contributed by atoms with Gasteiger partial charge < -0.3 is 10.6 Å². The molecule has 26 heavy (non-hydrogen) atoms. The van der Waals surface area contributed by atoms with E-state index in [1.807, 2.05) is 44.4 Å². The summed E-state index contributed by atoms with van der Waals surface area (Å²) in [7, 11) is 1.60. The zero-order chi connectivity index (χ0) is 19.1. The van der Waals surface area contributed by atoms with Crippen molar-refractivity contribution in [1.82, 2.24) is 15.3 Å². The van der Waals surface area contributed by atoms with Crippen molar-refractivity contribution in [3.05, 3.63) is 46.8 Å². The van der Waals surface area contributed by atoms with E-state index in [2.05, 4.69) is 20.6 Å². The van der Waals surface area contributed by atoms with E-state index in [1.54, 1.807) is 7.05 Å². The van der Waals surface area contributed by atoms with Crippen molar-refractivity contribution in [2.75, 3.05) is 18.6 Å². The lowest BCUT2D eigenvalue weighted by Gasteiger charge is -2.12. The highest BCUT2D eigenvalue weighted by Crippen LogP contribution is 2.19. The van der Waals surface area contributed by atoms with Crippen LogP contribution in [0.25, 0.3) is 0 Å². The minimum absolute atomic E-state index is 0.0935. The van der Waals surface area contributed by atoms with Crippen LogP contribution in [0.4, 0.5) is 5.69 Å². The smallest absolute Gasteiger partial charge is 0.224 e. The second-order valence-electron chi connectivity index (χ2n) is 5.91. The van der Waals surface area contributed by atoms with E-state index in [9.17, 15) is 9.59 Å². The van der Waals surface area contributed by atoms with Crippen LogP contribution in [0.1, 0.15) is 28.9 Å². The molecule has 0 saturated carbocycles. The largest absolute Gasteiger partial charge is 0.359 e. The molecule has 0 radical (unpaired) electrons. The van der Waals surface area contributed by atoms with Crippen LogP contribution in [0.2, 0.25) is 0 Å². The fraction of sp³-hybridized carbons (Fsp3) is 0.368. The van der Waals surface area contributed by atoms with E-state index in [-0.39, 0.29) is 18.2 Å². The Bertz CT molecular complexity index is 785. The number of carbonyl (C=O) groups excluding carboxylic acids is 2. The first-order chi connectivity index (χ1) is 12.4. The number of aromatic nitrogens is 2. The average molecular weight is 372 g/mol. The summed E-state index contributed by atoms with van der Waals surface area (Å²) < 4.78 is 0. The van der Waals surface area contributed by atoms with E-state index < -0.39 is 0 Å². The van der Waals surface area contributed by atoms with Gasteiger partial charge in [-0.1, -0.05) is 30.0 Å². The number of hydrogen-bond acceptors (Lipinski definition) is 5.